The number of nitrogens with one attached hydrogen (secondary N) is 1. The highest BCUT2D eigenvalue weighted by Crippen LogP contribution is 2.14. The molecule has 1 rings (SSSR count). The Labute approximate surface area is 76.1 Å². The maximum atomic E-state index is 10.8. The van der Waals surface area contributed by atoms with Gasteiger partial charge in [-0.3, -0.25) is 4.79 Å². The Kier molecular flexibility index (Phi) is 2.69. The van der Waals surface area contributed by atoms with Crippen molar-refractivity contribution in [2.45, 2.75) is 6.92 Å². The Bertz CT molecular complexity index is 402. The molecule has 1 aromatic rings. The summed E-state index contributed by atoms with van der Waals surface area (Å²) in [5, 5.41) is 9.12. The van der Waals surface area contributed by atoms with Crippen LogP contribution in [0.5, 0.6) is 5.75 Å². The van der Waals surface area contributed by atoms with Gasteiger partial charge >= 0.3 is 0 Å². The maximum Gasteiger partial charge on any atom is 0.290 e. The normalized spacial score (nSPS) is 11.3. The number of H-pyrrole nitrogens is 1. The first-order valence-electron chi connectivity index (χ1n) is 3.86. The van der Waals surface area contributed by atoms with E-state index in [1.807, 2.05) is 6.92 Å². The molecule has 3 heteroatoms. The molecule has 0 aliphatic rings. The number of aromatic hydroxyl groups is 1. The summed E-state index contributed by atoms with van der Waals surface area (Å²) in [6, 6.07) is 1.42. The van der Waals surface area contributed by atoms with E-state index in [1.165, 1.54) is 6.07 Å². The van der Waals surface area contributed by atoms with Crippen LogP contribution < -0.4 is 5.56 Å². The molecule has 0 aliphatic carbocycles. The Hall–Kier alpha value is -1.77. The SMILES string of the molecule is C=C/C=C(\C)c1c[nH]c(=O)c(O)c1. The van der Waals surface area contributed by atoms with E-state index in [9.17, 15) is 4.79 Å². The van der Waals surface area contributed by atoms with Crippen molar-refractivity contribution in [2.24, 2.45) is 0 Å². The van der Waals surface area contributed by atoms with E-state index in [2.05, 4.69) is 11.6 Å². The van der Waals surface area contributed by atoms with E-state index in [0.29, 0.717) is 0 Å². The third kappa shape index (κ3) is 2.08. The average Bonchev–Trinajstić information content (AvgIpc) is 2.10. The highest BCUT2D eigenvalue weighted by molar-refractivity contribution is 5.65. The molecule has 0 fully saturated rings. The average molecular weight is 177 g/mol. The lowest BCUT2D eigenvalue weighted by molar-refractivity contribution is 0.466. The van der Waals surface area contributed by atoms with Crippen molar-refractivity contribution >= 4 is 5.57 Å². The van der Waals surface area contributed by atoms with Crippen LogP contribution in [0, 0.1) is 0 Å². The lowest BCUT2D eigenvalue weighted by atomic mass is 10.1. The summed E-state index contributed by atoms with van der Waals surface area (Å²) in [6.45, 7) is 5.43. The van der Waals surface area contributed by atoms with Gasteiger partial charge in [0.15, 0.2) is 5.75 Å². The zero-order valence-corrected chi connectivity index (χ0v) is 7.37. The van der Waals surface area contributed by atoms with Gasteiger partial charge in [0.25, 0.3) is 5.56 Å². The van der Waals surface area contributed by atoms with Crippen LogP contribution in [0.4, 0.5) is 0 Å². The van der Waals surface area contributed by atoms with Gasteiger partial charge in [-0.05, 0) is 24.1 Å². The highest BCUT2D eigenvalue weighted by Gasteiger charge is 1.99. The number of allylic oxidation sites excluding steroid dienone is 3. The first-order valence-corrected chi connectivity index (χ1v) is 3.86. The molecule has 0 aromatic carbocycles. The fraction of sp³-hybridized carbons (Fsp3) is 0.100. The molecule has 0 atom stereocenters. The lowest BCUT2D eigenvalue weighted by Crippen LogP contribution is -2.04. The highest BCUT2D eigenvalue weighted by atomic mass is 16.3. The van der Waals surface area contributed by atoms with E-state index in [-0.39, 0.29) is 5.75 Å². The predicted molar refractivity (Wildman–Crippen MR) is 52.6 cm³/mol. The van der Waals surface area contributed by atoms with Crippen molar-refractivity contribution in [3.05, 3.63) is 46.9 Å². The fourth-order valence-corrected chi connectivity index (χ4v) is 0.972. The molecule has 0 unspecified atom stereocenters. The summed E-state index contributed by atoms with van der Waals surface area (Å²) in [5.41, 5.74) is 1.23. The smallest absolute Gasteiger partial charge is 0.290 e. The fourth-order valence-electron chi connectivity index (χ4n) is 0.972. The van der Waals surface area contributed by atoms with Crippen LogP contribution in [0.15, 0.2) is 35.8 Å². The largest absolute Gasteiger partial charge is 0.503 e. The van der Waals surface area contributed by atoms with Crippen LogP contribution in [0.3, 0.4) is 0 Å². The molecule has 1 aromatic heterocycles. The van der Waals surface area contributed by atoms with Gasteiger partial charge in [-0.25, -0.2) is 0 Å². The van der Waals surface area contributed by atoms with Gasteiger partial charge in [0.2, 0.25) is 0 Å². The van der Waals surface area contributed by atoms with Gasteiger partial charge in [-0.2, -0.15) is 0 Å². The van der Waals surface area contributed by atoms with E-state index < -0.39 is 5.56 Å². The van der Waals surface area contributed by atoms with Crippen LogP contribution in [0.25, 0.3) is 5.57 Å². The number of aromatic amines is 1. The van der Waals surface area contributed by atoms with Gasteiger partial charge in [-0.15, -0.1) is 0 Å². The molecular weight excluding hydrogens is 166 g/mol. The molecule has 3 nitrogen and oxygen atoms in total. The number of aromatic nitrogens is 1. The monoisotopic (exact) mass is 177 g/mol. The van der Waals surface area contributed by atoms with Gasteiger partial charge < -0.3 is 10.1 Å². The molecule has 0 radical (unpaired) electrons. The zero-order chi connectivity index (χ0) is 9.84. The molecular formula is C10H11NO2. The molecule has 0 saturated heterocycles. The first kappa shape index (κ1) is 9.32. The van der Waals surface area contributed by atoms with Crippen LogP contribution in [0.1, 0.15) is 12.5 Å². The standard InChI is InChI=1S/C10H11NO2/c1-3-4-7(2)8-5-9(12)10(13)11-6-8/h3-6,12H,1H2,2H3,(H,11,13)/b7-4+. The quantitative estimate of drug-likeness (QED) is 0.675. The second-order valence-electron chi connectivity index (χ2n) is 2.69. The third-order valence-corrected chi connectivity index (χ3v) is 1.71. The maximum absolute atomic E-state index is 10.8. The summed E-state index contributed by atoms with van der Waals surface area (Å²) in [6.07, 6.45) is 5.00. The van der Waals surface area contributed by atoms with Crippen LogP contribution in [-0.4, -0.2) is 10.1 Å². The third-order valence-electron chi connectivity index (χ3n) is 1.71. The van der Waals surface area contributed by atoms with E-state index in [0.717, 1.165) is 11.1 Å². The molecule has 0 aliphatic heterocycles. The summed E-state index contributed by atoms with van der Waals surface area (Å²) >= 11 is 0. The van der Waals surface area contributed by atoms with Crippen molar-refractivity contribution in [2.75, 3.05) is 0 Å². The Morgan fingerprint density at radius 3 is 2.92 bits per heavy atom. The van der Waals surface area contributed by atoms with Crippen LogP contribution >= 0.6 is 0 Å². The van der Waals surface area contributed by atoms with Crippen molar-refractivity contribution in [3.63, 3.8) is 0 Å². The molecule has 0 spiro atoms. The first-order chi connectivity index (χ1) is 6.15. The summed E-state index contributed by atoms with van der Waals surface area (Å²) in [7, 11) is 0. The number of pyridine rings is 1. The molecule has 2 N–H and O–H groups in total. The van der Waals surface area contributed by atoms with Gasteiger partial charge in [0.05, 0.1) is 0 Å². The van der Waals surface area contributed by atoms with Crippen molar-refractivity contribution in [1.29, 1.82) is 0 Å². The second kappa shape index (κ2) is 3.76. The van der Waals surface area contributed by atoms with Gasteiger partial charge in [0.1, 0.15) is 0 Å². The molecule has 68 valence electrons. The molecule has 0 bridgehead atoms. The van der Waals surface area contributed by atoms with Crippen LogP contribution in [-0.2, 0) is 0 Å². The van der Waals surface area contributed by atoms with Crippen molar-refractivity contribution in [1.82, 2.24) is 4.98 Å². The van der Waals surface area contributed by atoms with Crippen LogP contribution in [0.2, 0.25) is 0 Å². The molecule has 0 saturated carbocycles. The van der Waals surface area contributed by atoms with Gasteiger partial charge in [0, 0.05) is 6.20 Å². The summed E-state index contributed by atoms with van der Waals surface area (Å²) in [5.74, 6) is -0.269. The zero-order valence-electron chi connectivity index (χ0n) is 7.37. The summed E-state index contributed by atoms with van der Waals surface area (Å²) < 4.78 is 0. The van der Waals surface area contributed by atoms with Crippen molar-refractivity contribution in [3.8, 4) is 5.75 Å². The number of hydrogen-bond donors (Lipinski definition) is 2. The Morgan fingerprint density at radius 1 is 1.69 bits per heavy atom. The number of rotatable bonds is 2. The topological polar surface area (TPSA) is 53.1 Å². The minimum Gasteiger partial charge on any atom is -0.503 e. The van der Waals surface area contributed by atoms with E-state index in [1.54, 1.807) is 18.3 Å². The van der Waals surface area contributed by atoms with E-state index >= 15 is 0 Å². The molecule has 1 heterocycles. The minimum atomic E-state index is -0.477. The lowest BCUT2D eigenvalue weighted by Gasteiger charge is -1.99. The Morgan fingerprint density at radius 2 is 2.38 bits per heavy atom. The Balaban J connectivity index is 3.18. The van der Waals surface area contributed by atoms with Crippen molar-refractivity contribution < 1.29 is 5.11 Å². The minimum absolute atomic E-state index is 0.269. The molecule has 13 heavy (non-hydrogen) atoms. The second-order valence-corrected chi connectivity index (χ2v) is 2.69. The number of hydrogen-bond acceptors (Lipinski definition) is 2. The predicted octanol–water partition coefficient (Wildman–Crippen LogP) is 1.67. The van der Waals surface area contributed by atoms with Gasteiger partial charge in [-0.1, -0.05) is 18.7 Å². The van der Waals surface area contributed by atoms with E-state index in [4.69, 9.17) is 5.11 Å². The summed E-state index contributed by atoms with van der Waals surface area (Å²) in [4.78, 5) is 13.2. The molecule has 0 amide bonds.